The maximum absolute atomic E-state index is 9.72. The molecule has 1 heterocycles. The monoisotopic (exact) mass is 396 g/mol. The zero-order chi connectivity index (χ0) is 20.1. The van der Waals surface area contributed by atoms with Crippen molar-refractivity contribution in [2.75, 3.05) is 13.6 Å². The van der Waals surface area contributed by atoms with E-state index >= 15 is 0 Å². The van der Waals surface area contributed by atoms with Crippen LogP contribution in [0, 0.1) is 25.2 Å². The average molecular weight is 397 g/mol. The Hall–Kier alpha value is -2.39. The summed E-state index contributed by atoms with van der Waals surface area (Å²) >= 11 is 1.29. The molecule has 0 N–H and O–H groups in total. The molecular weight excluding hydrogens is 368 g/mol. The lowest BCUT2D eigenvalue weighted by Crippen LogP contribution is -2.14. The van der Waals surface area contributed by atoms with Gasteiger partial charge in [0.2, 0.25) is 5.06 Å². The highest BCUT2D eigenvalue weighted by molar-refractivity contribution is 7.08. The number of nitrogens with zero attached hydrogens (tertiary/aromatic N) is 4. The molecule has 0 aliphatic heterocycles. The number of ether oxygens (including phenoxy) is 1. The van der Waals surface area contributed by atoms with E-state index in [1.54, 1.807) is 0 Å². The lowest BCUT2D eigenvalue weighted by molar-refractivity contribution is 0.436. The molecule has 148 valence electrons. The summed E-state index contributed by atoms with van der Waals surface area (Å²) in [6.45, 7) is 7.03. The van der Waals surface area contributed by atoms with Gasteiger partial charge in [0.25, 0.3) is 0 Å². The fourth-order valence-corrected chi connectivity index (χ4v) is 4.27. The number of aromatic nitrogens is 1. The first-order chi connectivity index (χ1) is 13.5. The van der Waals surface area contributed by atoms with E-state index in [1.807, 2.05) is 44.3 Å². The summed E-state index contributed by atoms with van der Waals surface area (Å²) < 4.78 is 10.8. The highest BCUT2D eigenvalue weighted by Crippen LogP contribution is 2.41. The third-order valence-electron chi connectivity index (χ3n) is 5.38. The molecule has 0 radical (unpaired) electrons. The number of hydrogen-bond donors (Lipinski definition) is 0. The van der Waals surface area contributed by atoms with Gasteiger partial charge < -0.3 is 9.64 Å². The van der Waals surface area contributed by atoms with Gasteiger partial charge in [-0.3, -0.25) is 0 Å². The van der Waals surface area contributed by atoms with Crippen molar-refractivity contribution in [1.82, 2.24) is 9.27 Å². The molecule has 1 aromatic carbocycles. The van der Waals surface area contributed by atoms with E-state index in [0.717, 1.165) is 47.6 Å². The zero-order valence-electron chi connectivity index (χ0n) is 17.2. The Morgan fingerprint density at radius 2 is 2.04 bits per heavy atom. The average Bonchev–Trinajstić information content (AvgIpc) is 3.12. The molecule has 3 rings (SSSR count). The molecular formula is C22H28N4OS. The number of nitriles is 1. The molecule has 1 aromatic heterocycles. The molecule has 28 heavy (non-hydrogen) atoms. The fourth-order valence-electron chi connectivity index (χ4n) is 3.48. The summed E-state index contributed by atoms with van der Waals surface area (Å²) in [6.07, 6.45) is 7.81. The van der Waals surface area contributed by atoms with Crippen LogP contribution in [0.15, 0.2) is 17.1 Å². The standard InChI is InChI=1S/C22H28N4OS/c1-5-26(4)14-24-19-11-16(3)20(12-15(19)2)27-22-18(13-23)21(25-28-22)17-9-7-6-8-10-17/h11-12,14,17H,5-10H2,1-4H3. The summed E-state index contributed by atoms with van der Waals surface area (Å²) in [5.41, 5.74) is 4.50. The van der Waals surface area contributed by atoms with E-state index in [1.165, 1.54) is 30.8 Å². The van der Waals surface area contributed by atoms with Gasteiger partial charge in [-0.15, -0.1) is 0 Å². The van der Waals surface area contributed by atoms with Gasteiger partial charge >= 0.3 is 0 Å². The van der Waals surface area contributed by atoms with Gasteiger partial charge in [-0.05, 0) is 56.9 Å². The fraction of sp³-hybridized carbons (Fsp3) is 0.500. The minimum atomic E-state index is 0.395. The second-order valence-electron chi connectivity index (χ2n) is 7.50. The van der Waals surface area contributed by atoms with E-state index in [0.29, 0.717) is 16.5 Å². The van der Waals surface area contributed by atoms with Crippen molar-refractivity contribution in [3.8, 4) is 16.9 Å². The van der Waals surface area contributed by atoms with Crippen LogP contribution in [0.25, 0.3) is 0 Å². The minimum absolute atomic E-state index is 0.395. The summed E-state index contributed by atoms with van der Waals surface area (Å²) in [6, 6.07) is 6.36. The molecule has 1 fully saturated rings. The third-order valence-corrected chi connectivity index (χ3v) is 6.12. The Kier molecular flexibility index (Phi) is 6.69. The molecule has 2 aromatic rings. The molecule has 1 saturated carbocycles. The topological polar surface area (TPSA) is 61.5 Å². The summed E-state index contributed by atoms with van der Waals surface area (Å²) in [7, 11) is 2.00. The van der Waals surface area contributed by atoms with Crippen LogP contribution in [0.3, 0.4) is 0 Å². The third kappa shape index (κ3) is 4.53. The van der Waals surface area contributed by atoms with Gasteiger partial charge in [-0.2, -0.15) is 9.64 Å². The van der Waals surface area contributed by atoms with Crippen molar-refractivity contribution < 1.29 is 4.74 Å². The van der Waals surface area contributed by atoms with Gasteiger partial charge in [0.05, 0.1) is 17.7 Å². The zero-order valence-corrected chi connectivity index (χ0v) is 18.0. The Morgan fingerprint density at radius 3 is 2.71 bits per heavy atom. The molecule has 0 spiro atoms. The summed E-state index contributed by atoms with van der Waals surface area (Å²) in [4.78, 5) is 6.60. The van der Waals surface area contributed by atoms with Crippen molar-refractivity contribution in [3.05, 3.63) is 34.5 Å². The molecule has 0 amide bonds. The van der Waals surface area contributed by atoms with Gasteiger partial charge in [-0.25, -0.2) is 4.99 Å². The van der Waals surface area contributed by atoms with Crippen LogP contribution < -0.4 is 4.74 Å². The van der Waals surface area contributed by atoms with Crippen molar-refractivity contribution in [2.24, 2.45) is 4.99 Å². The van der Waals surface area contributed by atoms with Crippen LogP contribution in [0.2, 0.25) is 0 Å². The molecule has 5 nitrogen and oxygen atoms in total. The van der Waals surface area contributed by atoms with Gasteiger partial charge in [-0.1, -0.05) is 19.3 Å². The predicted octanol–water partition coefficient (Wildman–Crippen LogP) is 6.08. The number of rotatable bonds is 6. The van der Waals surface area contributed by atoms with Crippen molar-refractivity contribution in [1.29, 1.82) is 5.26 Å². The molecule has 0 atom stereocenters. The lowest BCUT2D eigenvalue weighted by atomic mass is 9.86. The van der Waals surface area contributed by atoms with Crippen LogP contribution in [0.4, 0.5) is 5.69 Å². The number of benzene rings is 1. The maximum Gasteiger partial charge on any atom is 0.218 e. The Labute approximate surface area is 171 Å². The Morgan fingerprint density at radius 1 is 1.29 bits per heavy atom. The lowest BCUT2D eigenvalue weighted by Gasteiger charge is -2.19. The van der Waals surface area contributed by atoms with Crippen molar-refractivity contribution in [2.45, 2.75) is 58.8 Å². The Balaban J connectivity index is 1.84. The van der Waals surface area contributed by atoms with E-state index in [-0.39, 0.29) is 0 Å². The molecule has 1 aliphatic carbocycles. The van der Waals surface area contributed by atoms with Crippen LogP contribution in [0.5, 0.6) is 10.8 Å². The van der Waals surface area contributed by atoms with Gasteiger partial charge in [0.15, 0.2) is 0 Å². The highest BCUT2D eigenvalue weighted by Gasteiger charge is 2.25. The summed E-state index contributed by atoms with van der Waals surface area (Å²) in [5, 5.41) is 10.3. The first-order valence-corrected chi connectivity index (χ1v) is 10.7. The first-order valence-electron chi connectivity index (χ1n) is 9.96. The van der Waals surface area contributed by atoms with Gasteiger partial charge in [0.1, 0.15) is 17.4 Å². The second kappa shape index (κ2) is 9.20. The van der Waals surface area contributed by atoms with Gasteiger partial charge in [0, 0.05) is 31.0 Å². The van der Waals surface area contributed by atoms with Crippen LogP contribution in [-0.2, 0) is 0 Å². The van der Waals surface area contributed by atoms with E-state index in [4.69, 9.17) is 4.74 Å². The molecule has 0 saturated heterocycles. The van der Waals surface area contributed by atoms with Crippen LogP contribution in [-0.4, -0.2) is 29.2 Å². The Bertz CT molecular complexity index is 891. The maximum atomic E-state index is 9.72. The smallest absolute Gasteiger partial charge is 0.218 e. The quantitative estimate of drug-likeness (QED) is 0.438. The number of aliphatic imine (C=N–C) groups is 1. The van der Waals surface area contributed by atoms with Crippen molar-refractivity contribution >= 4 is 23.6 Å². The highest BCUT2D eigenvalue weighted by atomic mass is 32.1. The van der Waals surface area contributed by atoms with E-state index in [9.17, 15) is 5.26 Å². The molecule has 1 aliphatic rings. The summed E-state index contributed by atoms with van der Waals surface area (Å²) in [5.74, 6) is 1.16. The molecule has 6 heteroatoms. The SMILES string of the molecule is CCN(C)C=Nc1cc(C)c(Oc2snc(C3CCCCC3)c2C#N)cc1C. The molecule has 0 bridgehead atoms. The first kappa shape index (κ1) is 20.3. The normalized spacial score (nSPS) is 15.0. The number of hydrogen-bond acceptors (Lipinski definition) is 5. The van der Waals surface area contributed by atoms with Crippen LogP contribution in [0.1, 0.15) is 67.3 Å². The second-order valence-corrected chi connectivity index (χ2v) is 8.24. The van der Waals surface area contributed by atoms with E-state index in [2.05, 4.69) is 22.4 Å². The minimum Gasteiger partial charge on any atom is -0.443 e. The van der Waals surface area contributed by atoms with Crippen molar-refractivity contribution in [3.63, 3.8) is 0 Å². The largest absolute Gasteiger partial charge is 0.443 e. The molecule has 0 unspecified atom stereocenters. The van der Waals surface area contributed by atoms with E-state index < -0.39 is 0 Å². The number of aryl methyl sites for hydroxylation is 2. The predicted molar refractivity (Wildman–Crippen MR) is 115 cm³/mol. The van der Waals surface area contributed by atoms with Crippen LogP contribution >= 0.6 is 11.5 Å².